The van der Waals surface area contributed by atoms with E-state index >= 15 is 0 Å². The Labute approximate surface area is 154 Å². The van der Waals surface area contributed by atoms with Crippen molar-refractivity contribution in [2.45, 2.75) is 25.3 Å². The fraction of sp³-hybridized carbons (Fsp3) is 0.273. The van der Waals surface area contributed by atoms with E-state index in [0.717, 1.165) is 12.8 Å². The van der Waals surface area contributed by atoms with Gasteiger partial charge in [-0.05, 0) is 29.5 Å². The maximum atomic E-state index is 12.8. The summed E-state index contributed by atoms with van der Waals surface area (Å²) in [6, 6.07) is 18.3. The van der Waals surface area contributed by atoms with E-state index in [1.54, 1.807) is 0 Å². The van der Waals surface area contributed by atoms with E-state index in [2.05, 4.69) is 35.5 Å². The standard InChI is InChI=1S/C22H22N2O2/c1-2-13-23-21(25)16-22(26)24-14-12-18-10-6-7-11-19(18)20(24)15-17-8-4-3-5-9-17/h1,3-11,20H,12-16H2,(H,23,25)/t20-/m1/s1. The van der Waals surface area contributed by atoms with Crippen molar-refractivity contribution in [1.82, 2.24) is 10.2 Å². The zero-order chi connectivity index (χ0) is 18.4. The monoisotopic (exact) mass is 346 g/mol. The molecule has 0 radical (unpaired) electrons. The maximum Gasteiger partial charge on any atom is 0.232 e. The summed E-state index contributed by atoms with van der Waals surface area (Å²) in [7, 11) is 0. The Morgan fingerprint density at radius 2 is 1.85 bits per heavy atom. The minimum Gasteiger partial charge on any atom is -0.345 e. The van der Waals surface area contributed by atoms with Gasteiger partial charge in [0.05, 0.1) is 12.6 Å². The van der Waals surface area contributed by atoms with Crippen LogP contribution in [0.2, 0.25) is 0 Å². The summed E-state index contributed by atoms with van der Waals surface area (Å²) >= 11 is 0. The van der Waals surface area contributed by atoms with E-state index in [-0.39, 0.29) is 30.8 Å². The molecule has 0 aliphatic carbocycles. The van der Waals surface area contributed by atoms with Crippen LogP contribution in [-0.2, 0) is 22.4 Å². The Bertz CT molecular complexity index is 824. The number of hydrogen-bond donors (Lipinski definition) is 1. The number of amides is 2. The maximum absolute atomic E-state index is 12.8. The molecular formula is C22H22N2O2. The van der Waals surface area contributed by atoms with Crippen molar-refractivity contribution < 1.29 is 9.59 Å². The molecule has 1 atom stereocenters. The van der Waals surface area contributed by atoms with Gasteiger partial charge in [0.1, 0.15) is 6.42 Å². The van der Waals surface area contributed by atoms with E-state index in [4.69, 9.17) is 6.42 Å². The van der Waals surface area contributed by atoms with Crippen molar-refractivity contribution >= 4 is 11.8 Å². The third-order valence-electron chi connectivity index (χ3n) is 4.70. The highest BCUT2D eigenvalue weighted by Crippen LogP contribution is 2.32. The van der Waals surface area contributed by atoms with Crippen molar-refractivity contribution in [2.24, 2.45) is 0 Å². The second kappa shape index (κ2) is 8.35. The SMILES string of the molecule is C#CCNC(=O)CC(=O)N1CCc2ccccc2[C@H]1Cc1ccccc1. The van der Waals surface area contributed by atoms with Crippen LogP contribution >= 0.6 is 0 Å². The van der Waals surface area contributed by atoms with Gasteiger partial charge in [-0.1, -0.05) is 60.5 Å². The number of hydrogen-bond acceptors (Lipinski definition) is 2. The van der Waals surface area contributed by atoms with Crippen LogP contribution in [0, 0.1) is 12.3 Å². The molecule has 132 valence electrons. The van der Waals surface area contributed by atoms with Crippen LogP contribution in [0.1, 0.15) is 29.2 Å². The molecule has 1 N–H and O–H groups in total. The van der Waals surface area contributed by atoms with Gasteiger partial charge in [0, 0.05) is 6.54 Å². The van der Waals surface area contributed by atoms with E-state index in [1.165, 1.54) is 16.7 Å². The molecule has 0 saturated heterocycles. The van der Waals surface area contributed by atoms with E-state index in [0.29, 0.717) is 6.54 Å². The molecule has 1 heterocycles. The van der Waals surface area contributed by atoms with Crippen LogP contribution in [0.25, 0.3) is 0 Å². The summed E-state index contributed by atoms with van der Waals surface area (Å²) in [4.78, 5) is 26.5. The number of rotatable bonds is 5. The van der Waals surface area contributed by atoms with E-state index < -0.39 is 0 Å². The molecule has 0 unspecified atom stereocenters. The molecule has 0 spiro atoms. The Balaban J connectivity index is 1.82. The Kier molecular flexibility index (Phi) is 5.70. The van der Waals surface area contributed by atoms with Gasteiger partial charge in [0.15, 0.2) is 0 Å². The van der Waals surface area contributed by atoms with Crippen LogP contribution in [0.5, 0.6) is 0 Å². The Morgan fingerprint density at radius 3 is 2.62 bits per heavy atom. The number of fused-ring (bicyclic) bond motifs is 1. The second-order valence-corrected chi connectivity index (χ2v) is 6.40. The number of terminal acetylenes is 1. The van der Waals surface area contributed by atoms with Crippen LogP contribution in [0.3, 0.4) is 0 Å². The molecular weight excluding hydrogens is 324 g/mol. The van der Waals surface area contributed by atoms with Gasteiger partial charge in [-0.25, -0.2) is 0 Å². The third-order valence-corrected chi connectivity index (χ3v) is 4.70. The molecule has 4 heteroatoms. The van der Waals surface area contributed by atoms with Gasteiger partial charge in [-0.3, -0.25) is 9.59 Å². The summed E-state index contributed by atoms with van der Waals surface area (Å²) in [5, 5.41) is 2.56. The highest BCUT2D eigenvalue weighted by molar-refractivity contribution is 5.97. The zero-order valence-electron chi connectivity index (χ0n) is 14.7. The highest BCUT2D eigenvalue weighted by atomic mass is 16.2. The molecule has 0 fully saturated rings. The van der Waals surface area contributed by atoms with Gasteiger partial charge in [-0.2, -0.15) is 0 Å². The van der Waals surface area contributed by atoms with Crippen LogP contribution in [-0.4, -0.2) is 29.8 Å². The number of nitrogens with one attached hydrogen (secondary N) is 1. The number of carbonyl (C=O) groups is 2. The quantitative estimate of drug-likeness (QED) is 0.668. The summed E-state index contributed by atoms with van der Waals surface area (Å²) < 4.78 is 0. The minimum atomic E-state index is -0.328. The molecule has 26 heavy (non-hydrogen) atoms. The van der Waals surface area contributed by atoms with Crippen LogP contribution in [0.15, 0.2) is 54.6 Å². The fourth-order valence-electron chi connectivity index (χ4n) is 3.46. The first-order valence-corrected chi connectivity index (χ1v) is 8.80. The summed E-state index contributed by atoms with van der Waals surface area (Å²) in [5.74, 6) is 1.86. The van der Waals surface area contributed by atoms with Crippen molar-refractivity contribution in [3.63, 3.8) is 0 Å². The molecule has 2 aromatic rings. The molecule has 2 aromatic carbocycles. The first-order valence-electron chi connectivity index (χ1n) is 8.80. The number of nitrogens with zero attached hydrogens (tertiary/aromatic N) is 1. The zero-order valence-corrected chi connectivity index (χ0v) is 14.7. The molecule has 0 bridgehead atoms. The lowest BCUT2D eigenvalue weighted by atomic mass is 9.88. The normalized spacial score (nSPS) is 15.7. The van der Waals surface area contributed by atoms with Gasteiger partial charge in [0.2, 0.25) is 11.8 Å². The fourth-order valence-corrected chi connectivity index (χ4v) is 3.46. The third kappa shape index (κ3) is 4.12. The number of benzene rings is 2. The first kappa shape index (κ1) is 17.8. The van der Waals surface area contributed by atoms with E-state index in [1.807, 2.05) is 35.2 Å². The average Bonchev–Trinajstić information content (AvgIpc) is 2.67. The molecule has 3 rings (SSSR count). The summed E-state index contributed by atoms with van der Waals surface area (Å²) in [6.45, 7) is 0.762. The van der Waals surface area contributed by atoms with Gasteiger partial charge < -0.3 is 10.2 Å². The van der Waals surface area contributed by atoms with E-state index in [9.17, 15) is 9.59 Å². The summed E-state index contributed by atoms with van der Waals surface area (Å²) in [6.07, 6.45) is 6.52. The highest BCUT2D eigenvalue weighted by Gasteiger charge is 2.31. The molecule has 1 aliphatic rings. The Morgan fingerprint density at radius 1 is 1.12 bits per heavy atom. The largest absolute Gasteiger partial charge is 0.345 e. The minimum absolute atomic E-state index is 0.0599. The van der Waals surface area contributed by atoms with Crippen molar-refractivity contribution in [2.75, 3.05) is 13.1 Å². The van der Waals surface area contributed by atoms with Crippen molar-refractivity contribution in [1.29, 1.82) is 0 Å². The molecule has 1 aliphatic heterocycles. The van der Waals surface area contributed by atoms with Crippen LogP contribution < -0.4 is 5.32 Å². The molecule has 0 saturated carbocycles. The topological polar surface area (TPSA) is 49.4 Å². The van der Waals surface area contributed by atoms with Crippen molar-refractivity contribution in [3.05, 3.63) is 71.3 Å². The smallest absolute Gasteiger partial charge is 0.232 e. The first-order chi connectivity index (χ1) is 12.7. The number of carbonyl (C=O) groups excluding carboxylic acids is 2. The lowest BCUT2D eigenvalue weighted by molar-refractivity contribution is -0.138. The second-order valence-electron chi connectivity index (χ2n) is 6.40. The van der Waals surface area contributed by atoms with Crippen LogP contribution in [0.4, 0.5) is 0 Å². The van der Waals surface area contributed by atoms with Gasteiger partial charge in [-0.15, -0.1) is 6.42 Å². The average molecular weight is 346 g/mol. The van der Waals surface area contributed by atoms with Crippen molar-refractivity contribution in [3.8, 4) is 12.3 Å². The predicted octanol–water partition coefficient (Wildman–Crippen LogP) is 2.49. The summed E-state index contributed by atoms with van der Waals surface area (Å²) in [5.41, 5.74) is 3.61. The predicted molar refractivity (Wildman–Crippen MR) is 101 cm³/mol. The van der Waals surface area contributed by atoms with Gasteiger partial charge in [0.25, 0.3) is 0 Å². The molecule has 0 aromatic heterocycles. The molecule has 4 nitrogen and oxygen atoms in total. The Hall–Kier alpha value is -3.06. The molecule has 2 amide bonds. The lowest BCUT2D eigenvalue weighted by Crippen LogP contribution is -2.43. The lowest BCUT2D eigenvalue weighted by Gasteiger charge is -2.37. The van der Waals surface area contributed by atoms with Gasteiger partial charge >= 0.3 is 0 Å².